The molecular weight excluding hydrogens is 422 g/mol. The van der Waals surface area contributed by atoms with Gasteiger partial charge in [0, 0.05) is 31.3 Å². The van der Waals surface area contributed by atoms with E-state index in [-0.39, 0.29) is 23.7 Å². The maximum absolute atomic E-state index is 12.3. The summed E-state index contributed by atoms with van der Waals surface area (Å²) in [6.45, 7) is 14.5. The van der Waals surface area contributed by atoms with Crippen molar-refractivity contribution in [2.24, 2.45) is 5.41 Å². The quantitative estimate of drug-likeness (QED) is 0.406. The zero-order valence-electron chi connectivity index (χ0n) is 22.7. The first kappa shape index (κ1) is 27.6. The molecular formula is C30H43NO3. The summed E-state index contributed by atoms with van der Waals surface area (Å²) in [6, 6.07) is 13.1. The number of carbonyl (C=O) groups excluding carboxylic acids is 2. The standard InChI is InChI=1S/C30H43NO3/c1-10-30(11-2,24-14-12-23(21(3)18-24)13-17-28(33)31(8)9)25-15-16-26(22(4)19-25)34-20-27(32)29(5,6)7/h12,14-16,18-19H,10-11,13,17,20H2,1-9H3. The first-order valence-corrected chi connectivity index (χ1v) is 12.4. The molecule has 0 heterocycles. The molecule has 1 amide bonds. The van der Waals surface area contributed by atoms with Crippen molar-refractivity contribution in [3.8, 4) is 5.75 Å². The Morgan fingerprint density at radius 1 is 0.882 bits per heavy atom. The molecule has 0 saturated heterocycles. The molecule has 0 aromatic heterocycles. The Kier molecular flexibility index (Phi) is 9.10. The van der Waals surface area contributed by atoms with Crippen molar-refractivity contribution in [3.63, 3.8) is 0 Å². The van der Waals surface area contributed by atoms with Crippen LogP contribution in [0.5, 0.6) is 5.75 Å². The molecule has 0 fully saturated rings. The van der Waals surface area contributed by atoms with E-state index in [4.69, 9.17) is 4.74 Å². The van der Waals surface area contributed by atoms with Gasteiger partial charge in [0.25, 0.3) is 0 Å². The summed E-state index contributed by atoms with van der Waals surface area (Å²) in [5.74, 6) is 1.01. The van der Waals surface area contributed by atoms with Crippen LogP contribution < -0.4 is 4.74 Å². The van der Waals surface area contributed by atoms with Crippen LogP contribution in [0.1, 0.15) is 81.7 Å². The third-order valence-electron chi connectivity index (χ3n) is 7.13. The Bertz CT molecular complexity index is 1010. The molecule has 0 spiro atoms. The molecule has 4 heteroatoms. The highest BCUT2D eigenvalue weighted by atomic mass is 16.5. The van der Waals surface area contributed by atoms with Gasteiger partial charge in [0.15, 0.2) is 5.78 Å². The van der Waals surface area contributed by atoms with Crippen LogP contribution >= 0.6 is 0 Å². The predicted molar refractivity (Wildman–Crippen MR) is 141 cm³/mol. The molecule has 4 nitrogen and oxygen atoms in total. The number of amides is 1. The van der Waals surface area contributed by atoms with E-state index in [0.29, 0.717) is 6.42 Å². The highest BCUT2D eigenvalue weighted by Crippen LogP contribution is 2.41. The molecule has 2 aromatic rings. The van der Waals surface area contributed by atoms with Crippen LogP contribution in [0, 0.1) is 19.3 Å². The molecule has 2 aromatic carbocycles. The van der Waals surface area contributed by atoms with Crippen molar-refractivity contribution in [1.82, 2.24) is 4.90 Å². The second-order valence-corrected chi connectivity index (χ2v) is 10.7. The summed E-state index contributed by atoms with van der Waals surface area (Å²) in [6.07, 6.45) is 3.23. The van der Waals surface area contributed by atoms with E-state index in [1.807, 2.05) is 33.8 Å². The number of ether oxygens (including phenoxy) is 1. The van der Waals surface area contributed by atoms with Crippen molar-refractivity contribution >= 4 is 11.7 Å². The second kappa shape index (κ2) is 11.2. The number of carbonyl (C=O) groups is 2. The van der Waals surface area contributed by atoms with Gasteiger partial charge in [-0.3, -0.25) is 9.59 Å². The molecule has 186 valence electrons. The average Bonchev–Trinajstić information content (AvgIpc) is 2.78. The van der Waals surface area contributed by atoms with Gasteiger partial charge in [-0.2, -0.15) is 0 Å². The van der Waals surface area contributed by atoms with Gasteiger partial charge in [0.2, 0.25) is 5.91 Å². The van der Waals surface area contributed by atoms with E-state index in [1.165, 1.54) is 22.3 Å². The highest BCUT2D eigenvalue weighted by Gasteiger charge is 2.31. The largest absolute Gasteiger partial charge is 0.486 e. The summed E-state index contributed by atoms with van der Waals surface area (Å²) in [7, 11) is 3.60. The van der Waals surface area contributed by atoms with Crippen LogP contribution in [0.4, 0.5) is 0 Å². The lowest BCUT2D eigenvalue weighted by Crippen LogP contribution is -2.27. The van der Waals surface area contributed by atoms with Crippen LogP contribution in [0.15, 0.2) is 36.4 Å². The maximum atomic E-state index is 12.3. The predicted octanol–water partition coefficient (Wildman–Crippen LogP) is 6.42. The van der Waals surface area contributed by atoms with Crippen molar-refractivity contribution < 1.29 is 14.3 Å². The molecule has 0 aliphatic carbocycles. The summed E-state index contributed by atoms with van der Waals surface area (Å²) >= 11 is 0. The van der Waals surface area contributed by atoms with Gasteiger partial charge in [-0.1, -0.05) is 65.0 Å². The van der Waals surface area contributed by atoms with Gasteiger partial charge in [-0.15, -0.1) is 0 Å². The first-order chi connectivity index (χ1) is 15.9. The first-order valence-electron chi connectivity index (χ1n) is 12.4. The molecule has 0 radical (unpaired) electrons. The van der Waals surface area contributed by atoms with Crippen molar-refractivity contribution in [1.29, 1.82) is 0 Å². The van der Waals surface area contributed by atoms with Crippen LogP contribution in [-0.2, 0) is 21.4 Å². The molecule has 0 saturated carbocycles. The smallest absolute Gasteiger partial charge is 0.222 e. The van der Waals surface area contributed by atoms with E-state index in [0.717, 1.165) is 30.6 Å². The van der Waals surface area contributed by atoms with E-state index >= 15 is 0 Å². The fraction of sp³-hybridized carbons (Fsp3) is 0.533. The highest BCUT2D eigenvalue weighted by molar-refractivity contribution is 5.85. The minimum Gasteiger partial charge on any atom is -0.486 e. The number of hydrogen-bond acceptors (Lipinski definition) is 3. The molecule has 0 aliphatic heterocycles. The normalized spacial score (nSPS) is 11.9. The second-order valence-electron chi connectivity index (χ2n) is 10.7. The van der Waals surface area contributed by atoms with Gasteiger partial charge in [-0.25, -0.2) is 0 Å². The minimum absolute atomic E-state index is 0.0906. The zero-order chi connectivity index (χ0) is 25.7. The molecule has 2 rings (SSSR count). The third kappa shape index (κ3) is 6.28. The fourth-order valence-corrected chi connectivity index (χ4v) is 4.44. The fourth-order valence-electron chi connectivity index (χ4n) is 4.44. The topological polar surface area (TPSA) is 46.6 Å². The van der Waals surface area contributed by atoms with Gasteiger partial charge in [0.05, 0.1) is 0 Å². The lowest BCUT2D eigenvalue weighted by Gasteiger charge is -2.34. The van der Waals surface area contributed by atoms with Crippen LogP contribution in [0.3, 0.4) is 0 Å². The SMILES string of the molecule is CCC(CC)(c1ccc(CCC(=O)N(C)C)c(C)c1)c1ccc(OCC(=O)C(C)(C)C)c(C)c1. The number of ketones is 1. The Balaban J connectivity index is 2.32. The van der Waals surface area contributed by atoms with Gasteiger partial charge in [0.1, 0.15) is 12.4 Å². The van der Waals surface area contributed by atoms with E-state index in [1.54, 1.807) is 19.0 Å². The molecule has 0 aliphatic rings. The van der Waals surface area contributed by atoms with Gasteiger partial charge < -0.3 is 9.64 Å². The molecule has 0 unspecified atom stereocenters. The number of aryl methyl sites for hydroxylation is 3. The van der Waals surface area contributed by atoms with Gasteiger partial charge >= 0.3 is 0 Å². The maximum Gasteiger partial charge on any atom is 0.222 e. The summed E-state index contributed by atoms with van der Waals surface area (Å²) in [4.78, 5) is 26.0. The number of benzene rings is 2. The van der Waals surface area contributed by atoms with Crippen LogP contribution in [0.2, 0.25) is 0 Å². The number of nitrogens with zero attached hydrogens (tertiary/aromatic N) is 1. The Morgan fingerprint density at radius 3 is 1.91 bits per heavy atom. The van der Waals surface area contributed by atoms with Crippen LogP contribution in [0.25, 0.3) is 0 Å². The number of Topliss-reactive ketones (excluding diaryl/α,β-unsaturated/α-hetero) is 1. The van der Waals surface area contributed by atoms with Crippen molar-refractivity contribution in [2.75, 3.05) is 20.7 Å². The Labute approximate surface area is 206 Å². The lowest BCUT2D eigenvalue weighted by molar-refractivity contribution is -0.129. The Hall–Kier alpha value is -2.62. The van der Waals surface area contributed by atoms with Crippen molar-refractivity contribution in [2.45, 2.75) is 79.6 Å². The average molecular weight is 466 g/mol. The molecule has 0 atom stereocenters. The summed E-state index contributed by atoms with van der Waals surface area (Å²) in [5.41, 5.74) is 5.55. The monoisotopic (exact) mass is 465 g/mol. The molecule has 0 N–H and O–H groups in total. The summed E-state index contributed by atoms with van der Waals surface area (Å²) in [5, 5.41) is 0. The number of rotatable bonds is 10. The Morgan fingerprint density at radius 2 is 1.44 bits per heavy atom. The van der Waals surface area contributed by atoms with Crippen LogP contribution in [-0.4, -0.2) is 37.3 Å². The summed E-state index contributed by atoms with van der Waals surface area (Å²) < 4.78 is 5.88. The van der Waals surface area contributed by atoms with Gasteiger partial charge in [-0.05, 0) is 67.0 Å². The number of hydrogen-bond donors (Lipinski definition) is 0. The van der Waals surface area contributed by atoms with E-state index in [9.17, 15) is 9.59 Å². The van der Waals surface area contributed by atoms with E-state index < -0.39 is 5.41 Å². The lowest BCUT2D eigenvalue weighted by atomic mass is 9.69. The molecule has 0 bridgehead atoms. The minimum atomic E-state index is -0.406. The van der Waals surface area contributed by atoms with Crippen molar-refractivity contribution in [3.05, 3.63) is 64.2 Å². The van der Waals surface area contributed by atoms with E-state index in [2.05, 4.69) is 51.1 Å². The third-order valence-corrected chi connectivity index (χ3v) is 7.13. The zero-order valence-corrected chi connectivity index (χ0v) is 22.7. The molecule has 34 heavy (non-hydrogen) atoms.